The second-order valence-corrected chi connectivity index (χ2v) is 5.74. The Bertz CT molecular complexity index is 453. The van der Waals surface area contributed by atoms with Gasteiger partial charge in [0.1, 0.15) is 0 Å². The van der Waals surface area contributed by atoms with Gasteiger partial charge in [-0.3, -0.25) is 10.6 Å². The number of anilines is 1. The van der Waals surface area contributed by atoms with Crippen LogP contribution in [0.15, 0.2) is 18.2 Å². The maximum atomic E-state index is 12.2. The first-order valence-corrected chi connectivity index (χ1v) is 7.56. The van der Waals surface area contributed by atoms with Crippen LogP contribution >= 0.6 is 0 Å². The summed E-state index contributed by atoms with van der Waals surface area (Å²) >= 11 is 0. The zero-order valence-corrected chi connectivity index (χ0v) is 12.2. The monoisotopic (exact) mass is 275 g/mol. The van der Waals surface area contributed by atoms with Gasteiger partial charge < -0.3 is 10.7 Å². The van der Waals surface area contributed by atoms with E-state index in [0.717, 1.165) is 24.4 Å². The van der Waals surface area contributed by atoms with Crippen molar-refractivity contribution < 1.29 is 4.79 Å². The minimum Gasteiger partial charge on any atom is -0.352 e. The molecule has 1 aliphatic carbocycles. The predicted octanol–water partition coefficient (Wildman–Crippen LogP) is 2.98. The molecule has 1 aromatic carbocycles. The summed E-state index contributed by atoms with van der Waals surface area (Å²) in [6.45, 7) is 2.72. The first-order valence-electron chi connectivity index (χ1n) is 7.56. The van der Waals surface area contributed by atoms with E-state index in [9.17, 15) is 4.79 Å². The highest BCUT2D eigenvalue weighted by atomic mass is 16.1. The largest absolute Gasteiger partial charge is 0.352 e. The first-order chi connectivity index (χ1) is 9.70. The maximum Gasteiger partial charge on any atom is 0.253 e. The average molecular weight is 275 g/mol. The Kier molecular flexibility index (Phi) is 5.41. The molecule has 0 atom stereocenters. The number of nitrogens with two attached hydrogens (primary N) is 1. The van der Waals surface area contributed by atoms with Gasteiger partial charge in [0, 0.05) is 6.54 Å². The van der Waals surface area contributed by atoms with Gasteiger partial charge in [0.25, 0.3) is 5.91 Å². The summed E-state index contributed by atoms with van der Waals surface area (Å²) in [5.41, 5.74) is 4.93. The number of carbonyl (C=O) groups is 1. The smallest absolute Gasteiger partial charge is 0.253 e. The molecular weight excluding hydrogens is 250 g/mol. The Morgan fingerprint density at radius 3 is 2.75 bits per heavy atom. The summed E-state index contributed by atoms with van der Waals surface area (Å²) in [5, 5.41) is 3.01. The number of carbonyl (C=O) groups excluding carboxylic acids is 1. The molecule has 4 heteroatoms. The zero-order valence-electron chi connectivity index (χ0n) is 12.2. The van der Waals surface area contributed by atoms with Gasteiger partial charge in [-0.15, -0.1) is 0 Å². The number of benzene rings is 1. The maximum absolute atomic E-state index is 12.2. The lowest BCUT2D eigenvalue weighted by atomic mass is 9.87. The number of nitrogens with one attached hydrogen (secondary N) is 2. The topological polar surface area (TPSA) is 67.1 Å². The normalized spacial score (nSPS) is 15.9. The molecule has 0 bridgehead atoms. The van der Waals surface area contributed by atoms with Crippen molar-refractivity contribution in [1.29, 1.82) is 0 Å². The predicted molar refractivity (Wildman–Crippen MR) is 82.5 cm³/mol. The van der Waals surface area contributed by atoms with Crippen LogP contribution in [0.3, 0.4) is 0 Å². The molecule has 1 aliphatic rings. The van der Waals surface area contributed by atoms with Crippen molar-refractivity contribution in [2.75, 3.05) is 12.0 Å². The molecule has 1 amide bonds. The number of rotatable bonds is 5. The van der Waals surface area contributed by atoms with Crippen LogP contribution in [0.4, 0.5) is 5.69 Å². The zero-order chi connectivity index (χ0) is 14.4. The van der Waals surface area contributed by atoms with Crippen LogP contribution in [-0.4, -0.2) is 12.5 Å². The van der Waals surface area contributed by atoms with Crippen molar-refractivity contribution in [1.82, 2.24) is 5.32 Å². The van der Waals surface area contributed by atoms with Crippen LogP contribution in [0.2, 0.25) is 0 Å². The van der Waals surface area contributed by atoms with E-state index >= 15 is 0 Å². The molecule has 4 nitrogen and oxygen atoms in total. The molecule has 0 aliphatic heterocycles. The fourth-order valence-electron chi connectivity index (χ4n) is 2.93. The molecule has 20 heavy (non-hydrogen) atoms. The van der Waals surface area contributed by atoms with Gasteiger partial charge in [-0.25, -0.2) is 0 Å². The lowest BCUT2D eigenvalue weighted by molar-refractivity contribution is 0.0951. The Labute approximate surface area is 121 Å². The summed E-state index contributed by atoms with van der Waals surface area (Å²) in [5.74, 6) is 6.20. The highest BCUT2D eigenvalue weighted by Crippen LogP contribution is 2.25. The highest BCUT2D eigenvalue weighted by molar-refractivity contribution is 5.99. The number of hydrazine groups is 1. The summed E-state index contributed by atoms with van der Waals surface area (Å²) in [6, 6.07) is 5.64. The Balaban J connectivity index is 1.86. The van der Waals surface area contributed by atoms with Crippen LogP contribution in [0.5, 0.6) is 0 Å². The molecule has 1 fully saturated rings. The Morgan fingerprint density at radius 1 is 1.30 bits per heavy atom. The first kappa shape index (κ1) is 14.9. The second kappa shape index (κ2) is 7.29. The van der Waals surface area contributed by atoms with Gasteiger partial charge in [-0.05, 0) is 31.4 Å². The van der Waals surface area contributed by atoms with Crippen LogP contribution in [-0.2, 0) is 0 Å². The molecular formula is C16H25N3O. The number of aryl methyl sites for hydroxylation is 1. The Morgan fingerprint density at radius 2 is 2.05 bits per heavy atom. The molecule has 110 valence electrons. The third-order valence-electron chi connectivity index (χ3n) is 4.14. The van der Waals surface area contributed by atoms with Crippen LogP contribution in [0.25, 0.3) is 0 Å². The van der Waals surface area contributed by atoms with E-state index in [-0.39, 0.29) is 5.91 Å². The second-order valence-electron chi connectivity index (χ2n) is 5.74. The summed E-state index contributed by atoms with van der Waals surface area (Å²) in [4.78, 5) is 12.2. The average Bonchev–Trinajstić information content (AvgIpc) is 2.48. The van der Waals surface area contributed by atoms with E-state index in [4.69, 9.17) is 5.84 Å². The fraction of sp³-hybridized carbons (Fsp3) is 0.562. The van der Waals surface area contributed by atoms with E-state index in [2.05, 4.69) is 10.7 Å². The third kappa shape index (κ3) is 3.97. The van der Waals surface area contributed by atoms with Crippen LogP contribution in [0.1, 0.15) is 54.4 Å². The molecule has 2 rings (SSSR count). The summed E-state index contributed by atoms with van der Waals surface area (Å²) in [6.07, 6.45) is 7.78. The van der Waals surface area contributed by atoms with Gasteiger partial charge in [0.15, 0.2) is 0 Å². The molecule has 1 aromatic rings. The molecule has 0 saturated heterocycles. The van der Waals surface area contributed by atoms with Crippen molar-refractivity contribution in [3.05, 3.63) is 29.3 Å². The van der Waals surface area contributed by atoms with Gasteiger partial charge in [0.2, 0.25) is 0 Å². The molecule has 0 heterocycles. The van der Waals surface area contributed by atoms with E-state index in [1.165, 1.54) is 32.1 Å². The standard InChI is InChI=1S/C16H25N3O/c1-12-7-8-15(19-17)14(11-12)16(20)18-10-9-13-5-3-2-4-6-13/h7-8,11,13,19H,2-6,9-10,17H2,1H3,(H,18,20). The van der Waals surface area contributed by atoms with E-state index < -0.39 is 0 Å². The van der Waals surface area contributed by atoms with E-state index in [0.29, 0.717) is 11.3 Å². The molecule has 4 N–H and O–H groups in total. The highest BCUT2D eigenvalue weighted by Gasteiger charge is 2.15. The molecule has 1 saturated carbocycles. The van der Waals surface area contributed by atoms with E-state index in [1.807, 2.05) is 25.1 Å². The molecule has 0 radical (unpaired) electrons. The van der Waals surface area contributed by atoms with Crippen LogP contribution in [0, 0.1) is 12.8 Å². The van der Waals surface area contributed by atoms with Crippen molar-refractivity contribution in [2.45, 2.75) is 45.4 Å². The number of hydrogen-bond donors (Lipinski definition) is 3. The van der Waals surface area contributed by atoms with Crippen molar-refractivity contribution >= 4 is 11.6 Å². The number of hydrogen-bond acceptors (Lipinski definition) is 3. The molecule has 0 aromatic heterocycles. The summed E-state index contributed by atoms with van der Waals surface area (Å²) in [7, 11) is 0. The minimum atomic E-state index is -0.0440. The van der Waals surface area contributed by atoms with Crippen molar-refractivity contribution in [3.8, 4) is 0 Å². The lowest BCUT2D eigenvalue weighted by Gasteiger charge is -2.21. The minimum absolute atomic E-state index is 0.0440. The van der Waals surface area contributed by atoms with Gasteiger partial charge in [0.05, 0.1) is 11.3 Å². The van der Waals surface area contributed by atoms with Gasteiger partial charge >= 0.3 is 0 Å². The molecule has 0 unspecified atom stereocenters. The number of nitrogen functional groups attached to an aromatic ring is 1. The number of amides is 1. The fourth-order valence-corrected chi connectivity index (χ4v) is 2.93. The quantitative estimate of drug-likeness (QED) is 0.571. The van der Waals surface area contributed by atoms with Crippen molar-refractivity contribution in [3.63, 3.8) is 0 Å². The Hall–Kier alpha value is -1.55. The molecule has 0 spiro atoms. The third-order valence-corrected chi connectivity index (χ3v) is 4.14. The lowest BCUT2D eigenvalue weighted by Crippen LogP contribution is -2.27. The van der Waals surface area contributed by atoms with E-state index in [1.54, 1.807) is 0 Å². The van der Waals surface area contributed by atoms with Gasteiger partial charge in [-0.2, -0.15) is 0 Å². The SMILES string of the molecule is Cc1ccc(NN)c(C(=O)NCCC2CCCCC2)c1. The summed E-state index contributed by atoms with van der Waals surface area (Å²) < 4.78 is 0. The van der Waals surface area contributed by atoms with Gasteiger partial charge in [-0.1, -0.05) is 43.7 Å². The van der Waals surface area contributed by atoms with Crippen LogP contribution < -0.4 is 16.6 Å². The van der Waals surface area contributed by atoms with Crippen molar-refractivity contribution in [2.24, 2.45) is 11.8 Å².